The molecule has 2 unspecified atom stereocenters. The Labute approximate surface area is 72.5 Å². The van der Waals surface area contributed by atoms with Crippen molar-refractivity contribution in [3.63, 3.8) is 0 Å². The van der Waals surface area contributed by atoms with Crippen molar-refractivity contribution in [2.75, 3.05) is 6.54 Å². The number of hydrogen-bond acceptors (Lipinski definition) is 2. The molecule has 0 spiro atoms. The molecule has 0 aromatic rings. The van der Waals surface area contributed by atoms with Crippen LogP contribution in [0.1, 0.15) is 19.3 Å². The largest absolute Gasteiger partial charge is 0.480 e. The fourth-order valence-electron chi connectivity index (χ4n) is 1.63. The predicted octanol–water partition coefficient (Wildman–Crippen LogP) is 1.02. The fourth-order valence-corrected chi connectivity index (χ4v) is 1.63. The van der Waals surface area contributed by atoms with Gasteiger partial charge in [-0.2, -0.15) is 0 Å². The summed E-state index contributed by atoms with van der Waals surface area (Å²) in [5, 5.41) is 11.7. The lowest BCUT2D eigenvalue weighted by atomic mass is 9.90. The second kappa shape index (κ2) is 4.26. The summed E-state index contributed by atoms with van der Waals surface area (Å²) in [5.74, 6) is -0.228. The Bertz CT molecular complexity index is 179. The maximum atomic E-state index is 10.6. The SMILES string of the molecule is C=CCC1CCNC(C(=O)O)C1. The number of nitrogens with one attached hydrogen (secondary N) is 1. The van der Waals surface area contributed by atoms with Crippen LogP contribution in [-0.2, 0) is 4.79 Å². The van der Waals surface area contributed by atoms with Crippen molar-refractivity contribution in [2.45, 2.75) is 25.3 Å². The van der Waals surface area contributed by atoms with E-state index in [0.29, 0.717) is 5.92 Å². The van der Waals surface area contributed by atoms with E-state index < -0.39 is 5.97 Å². The van der Waals surface area contributed by atoms with Gasteiger partial charge in [-0.05, 0) is 31.7 Å². The lowest BCUT2D eigenvalue weighted by Gasteiger charge is -2.26. The zero-order valence-corrected chi connectivity index (χ0v) is 7.12. The molecule has 1 aliphatic heterocycles. The third-order valence-electron chi connectivity index (χ3n) is 2.31. The predicted molar refractivity (Wildman–Crippen MR) is 47.0 cm³/mol. The standard InChI is InChI=1S/C9H15NO2/c1-2-3-7-4-5-10-8(6-7)9(11)12/h2,7-8,10H,1,3-6H2,(H,11,12). The van der Waals surface area contributed by atoms with E-state index in [0.717, 1.165) is 25.8 Å². The summed E-state index contributed by atoms with van der Waals surface area (Å²) in [6.45, 7) is 4.47. The molecule has 0 aliphatic carbocycles. The van der Waals surface area contributed by atoms with Crippen molar-refractivity contribution >= 4 is 5.97 Å². The third kappa shape index (κ3) is 2.34. The van der Waals surface area contributed by atoms with Crippen LogP contribution in [0, 0.1) is 5.92 Å². The van der Waals surface area contributed by atoms with E-state index in [1.807, 2.05) is 6.08 Å². The summed E-state index contributed by atoms with van der Waals surface area (Å²) in [6.07, 6.45) is 4.61. The summed E-state index contributed by atoms with van der Waals surface area (Å²) in [5.41, 5.74) is 0. The Kier molecular flexibility index (Phi) is 3.29. The monoisotopic (exact) mass is 169 g/mol. The van der Waals surface area contributed by atoms with Crippen molar-refractivity contribution in [1.29, 1.82) is 0 Å². The van der Waals surface area contributed by atoms with E-state index in [1.165, 1.54) is 0 Å². The average Bonchev–Trinajstić information content (AvgIpc) is 2.05. The first-order valence-corrected chi connectivity index (χ1v) is 4.31. The van der Waals surface area contributed by atoms with Gasteiger partial charge in [0, 0.05) is 0 Å². The van der Waals surface area contributed by atoms with Crippen LogP contribution < -0.4 is 5.32 Å². The van der Waals surface area contributed by atoms with Gasteiger partial charge in [0.05, 0.1) is 0 Å². The Morgan fingerprint density at radius 2 is 2.50 bits per heavy atom. The molecule has 1 heterocycles. The number of carboxylic acid groups (broad SMARTS) is 1. The second-order valence-corrected chi connectivity index (χ2v) is 3.26. The first kappa shape index (κ1) is 9.26. The number of hydrogen-bond donors (Lipinski definition) is 2. The minimum absolute atomic E-state index is 0.344. The van der Waals surface area contributed by atoms with Crippen LogP contribution in [0.3, 0.4) is 0 Å². The number of piperidine rings is 1. The number of carbonyl (C=O) groups is 1. The van der Waals surface area contributed by atoms with E-state index in [2.05, 4.69) is 11.9 Å². The van der Waals surface area contributed by atoms with Gasteiger partial charge in [-0.15, -0.1) is 6.58 Å². The zero-order chi connectivity index (χ0) is 8.97. The Morgan fingerprint density at radius 1 is 1.75 bits per heavy atom. The highest BCUT2D eigenvalue weighted by Gasteiger charge is 2.25. The van der Waals surface area contributed by atoms with Crippen LogP contribution in [0.4, 0.5) is 0 Å². The van der Waals surface area contributed by atoms with Crippen molar-refractivity contribution in [1.82, 2.24) is 5.32 Å². The molecule has 3 nitrogen and oxygen atoms in total. The molecule has 0 radical (unpaired) electrons. The van der Waals surface area contributed by atoms with Gasteiger partial charge in [0.2, 0.25) is 0 Å². The third-order valence-corrected chi connectivity index (χ3v) is 2.31. The summed E-state index contributed by atoms with van der Waals surface area (Å²) < 4.78 is 0. The molecule has 1 aliphatic rings. The summed E-state index contributed by atoms with van der Waals surface area (Å²) in [4.78, 5) is 10.6. The molecule has 2 atom stereocenters. The number of carboxylic acids is 1. The smallest absolute Gasteiger partial charge is 0.320 e. The van der Waals surface area contributed by atoms with Crippen molar-refractivity contribution < 1.29 is 9.90 Å². The molecular formula is C9H15NO2. The first-order valence-electron chi connectivity index (χ1n) is 4.31. The summed E-state index contributed by atoms with van der Waals surface area (Å²) in [7, 11) is 0. The molecule has 68 valence electrons. The normalized spacial score (nSPS) is 29.7. The van der Waals surface area contributed by atoms with Crippen molar-refractivity contribution in [3.8, 4) is 0 Å². The summed E-state index contributed by atoms with van der Waals surface area (Å²) in [6, 6.07) is -0.344. The number of rotatable bonds is 3. The minimum Gasteiger partial charge on any atom is -0.480 e. The van der Waals surface area contributed by atoms with Gasteiger partial charge < -0.3 is 10.4 Å². The highest BCUT2D eigenvalue weighted by atomic mass is 16.4. The number of aliphatic carboxylic acids is 1. The van der Waals surface area contributed by atoms with Crippen LogP contribution in [0.15, 0.2) is 12.7 Å². The molecule has 3 heteroatoms. The van der Waals surface area contributed by atoms with Gasteiger partial charge in [0.15, 0.2) is 0 Å². The van der Waals surface area contributed by atoms with E-state index in [4.69, 9.17) is 5.11 Å². The van der Waals surface area contributed by atoms with Crippen LogP contribution >= 0.6 is 0 Å². The van der Waals surface area contributed by atoms with E-state index in [-0.39, 0.29) is 6.04 Å². The molecule has 0 saturated carbocycles. The van der Waals surface area contributed by atoms with Crippen LogP contribution in [0.25, 0.3) is 0 Å². The van der Waals surface area contributed by atoms with Crippen LogP contribution in [-0.4, -0.2) is 23.7 Å². The Hall–Kier alpha value is -0.830. The van der Waals surface area contributed by atoms with Gasteiger partial charge in [0.1, 0.15) is 6.04 Å². The van der Waals surface area contributed by atoms with Crippen molar-refractivity contribution in [3.05, 3.63) is 12.7 Å². The van der Waals surface area contributed by atoms with Gasteiger partial charge in [-0.25, -0.2) is 0 Å². The fraction of sp³-hybridized carbons (Fsp3) is 0.667. The Morgan fingerprint density at radius 3 is 3.08 bits per heavy atom. The maximum Gasteiger partial charge on any atom is 0.320 e. The van der Waals surface area contributed by atoms with Crippen LogP contribution in [0.2, 0.25) is 0 Å². The highest BCUT2D eigenvalue weighted by molar-refractivity contribution is 5.73. The number of allylic oxidation sites excluding steroid dienone is 1. The molecule has 0 aromatic carbocycles. The maximum absolute atomic E-state index is 10.6. The van der Waals surface area contributed by atoms with Gasteiger partial charge >= 0.3 is 5.97 Å². The second-order valence-electron chi connectivity index (χ2n) is 3.26. The minimum atomic E-state index is -0.733. The van der Waals surface area contributed by atoms with E-state index in [1.54, 1.807) is 0 Å². The first-order chi connectivity index (χ1) is 5.74. The molecule has 12 heavy (non-hydrogen) atoms. The van der Waals surface area contributed by atoms with Gasteiger partial charge in [-0.1, -0.05) is 6.08 Å². The van der Waals surface area contributed by atoms with Crippen LogP contribution in [0.5, 0.6) is 0 Å². The average molecular weight is 169 g/mol. The topological polar surface area (TPSA) is 49.3 Å². The van der Waals surface area contributed by atoms with E-state index >= 15 is 0 Å². The van der Waals surface area contributed by atoms with Crippen molar-refractivity contribution in [2.24, 2.45) is 5.92 Å². The molecular weight excluding hydrogens is 154 g/mol. The van der Waals surface area contributed by atoms with E-state index in [9.17, 15) is 4.79 Å². The Balaban J connectivity index is 2.39. The lowest BCUT2D eigenvalue weighted by molar-refractivity contribution is -0.140. The molecule has 1 fully saturated rings. The van der Waals surface area contributed by atoms with Gasteiger partial charge in [0.25, 0.3) is 0 Å². The molecule has 0 bridgehead atoms. The summed E-state index contributed by atoms with van der Waals surface area (Å²) >= 11 is 0. The highest BCUT2D eigenvalue weighted by Crippen LogP contribution is 2.19. The molecule has 1 saturated heterocycles. The molecule has 1 rings (SSSR count). The molecule has 0 aromatic heterocycles. The lowest BCUT2D eigenvalue weighted by Crippen LogP contribution is -2.43. The van der Waals surface area contributed by atoms with Gasteiger partial charge in [-0.3, -0.25) is 4.79 Å². The molecule has 2 N–H and O–H groups in total. The molecule has 0 amide bonds. The quantitative estimate of drug-likeness (QED) is 0.620. The zero-order valence-electron chi connectivity index (χ0n) is 7.12.